The Labute approximate surface area is 128 Å². The number of nitrogens with zero attached hydrogens (tertiary/aromatic N) is 7. The molecule has 0 saturated carbocycles. The summed E-state index contributed by atoms with van der Waals surface area (Å²) in [6.07, 6.45) is 2.40. The second-order valence-corrected chi connectivity index (χ2v) is 5.98. The molecular weight excluding hydrogens is 284 g/mol. The van der Waals surface area contributed by atoms with Crippen molar-refractivity contribution in [3.8, 4) is 0 Å². The Hall–Kier alpha value is -2.29. The van der Waals surface area contributed by atoms with Crippen molar-refractivity contribution < 1.29 is 4.79 Å². The SMILES string of the molecule is CC1Cc2nc(NC(=O)c3cn(C)nn3)nn2CC1N(C)C. The van der Waals surface area contributed by atoms with Crippen molar-refractivity contribution in [2.75, 3.05) is 19.4 Å². The Morgan fingerprint density at radius 2 is 2.23 bits per heavy atom. The molecule has 9 heteroatoms. The number of carbonyl (C=O) groups is 1. The van der Waals surface area contributed by atoms with Crippen molar-refractivity contribution in [3.63, 3.8) is 0 Å². The minimum Gasteiger partial charge on any atom is -0.304 e. The molecule has 1 aliphatic heterocycles. The number of aromatic nitrogens is 6. The lowest BCUT2D eigenvalue weighted by molar-refractivity contribution is 0.102. The summed E-state index contributed by atoms with van der Waals surface area (Å²) in [5, 5.41) is 14.6. The van der Waals surface area contributed by atoms with Crippen LogP contribution in [0.2, 0.25) is 0 Å². The maximum atomic E-state index is 12.1. The van der Waals surface area contributed by atoms with Gasteiger partial charge in [-0.05, 0) is 20.0 Å². The second-order valence-electron chi connectivity index (χ2n) is 5.98. The third-order valence-electron chi connectivity index (χ3n) is 3.99. The first-order valence-corrected chi connectivity index (χ1v) is 7.22. The summed E-state index contributed by atoms with van der Waals surface area (Å²) >= 11 is 0. The largest absolute Gasteiger partial charge is 0.304 e. The van der Waals surface area contributed by atoms with E-state index in [1.165, 1.54) is 4.68 Å². The molecule has 0 bridgehead atoms. The van der Waals surface area contributed by atoms with Crippen LogP contribution in [-0.2, 0) is 20.0 Å². The van der Waals surface area contributed by atoms with Crippen LogP contribution in [0.3, 0.4) is 0 Å². The van der Waals surface area contributed by atoms with Crippen LogP contribution >= 0.6 is 0 Å². The molecule has 0 aliphatic carbocycles. The molecule has 1 N–H and O–H groups in total. The van der Waals surface area contributed by atoms with Gasteiger partial charge in [0.2, 0.25) is 5.95 Å². The van der Waals surface area contributed by atoms with Crippen molar-refractivity contribution in [2.24, 2.45) is 13.0 Å². The zero-order valence-corrected chi connectivity index (χ0v) is 13.2. The van der Waals surface area contributed by atoms with E-state index < -0.39 is 0 Å². The number of hydrogen-bond acceptors (Lipinski definition) is 6. The first-order valence-electron chi connectivity index (χ1n) is 7.22. The summed E-state index contributed by atoms with van der Waals surface area (Å²) in [5.41, 5.74) is 0.245. The topological polar surface area (TPSA) is 93.8 Å². The number of nitrogens with one attached hydrogen (secondary N) is 1. The number of anilines is 1. The lowest BCUT2D eigenvalue weighted by Crippen LogP contribution is -2.42. The normalized spacial score (nSPS) is 21.0. The van der Waals surface area contributed by atoms with Gasteiger partial charge in [-0.3, -0.25) is 14.8 Å². The van der Waals surface area contributed by atoms with Crippen molar-refractivity contribution in [3.05, 3.63) is 17.7 Å². The smallest absolute Gasteiger partial charge is 0.280 e. The first-order chi connectivity index (χ1) is 10.4. The molecule has 1 amide bonds. The number of aryl methyl sites for hydroxylation is 1. The van der Waals surface area contributed by atoms with Crippen molar-refractivity contribution in [2.45, 2.75) is 25.9 Å². The molecule has 9 nitrogen and oxygen atoms in total. The molecule has 2 atom stereocenters. The van der Waals surface area contributed by atoms with Gasteiger partial charge in [0.1, 0.15) is 5.82 Å². The number of likely N-dealkylation sites (N-methyl/N-ethyl adjacent to an activating group) is 1. The zero-order valence-electron chi connectivity index (χ0n) is 13.2. The van der Waals surface area contributed by atoms with Crippen LogP contribution in [0.25, 0.3) is 0 Å². The quantitative estimate of drug-likeness (QED) is 0.842. The maximum Gasteiger partial charge on any atom is 0.280 e. The van der Waals surface area contributed by atoms with Gasteiger partial charge in [0.25, 0.3) is 5.91 Å². The number of hydrogen-bond donors (Lipinski definition) is 1. The summed E-state index contributed by atoms with van der Waals surface area (Å²) in [6.45, 7) is 2.98. The Bertz CT molecular complexity index is 688. The van der Waals surface area contributed by atoms with E-state index in [0.717, 1.165) is 18.8 Å². The van der Waals surface area contributed by atoms with Crippen molar-refractivity contribution in [1.29, 1.82) is 0 Å². The molecule has 0 radical (unpaired) electrons. The summed E-state index contributed by atoms with van der Waals surface area (Å²) in [4.78, 5) is 18.7. The van der Waals surface area contributed by atoms with Crippen LogP contribution in [0.5, 0.6) is 0 Å². The van der Waals surface area contributed by atoms with E-state index in [2.05, 4.69) is 51.6 Å². The second kappa shape index (κ2) is 5.48. The average molecular weight is 304 g/mol. The zero-order chi connectivity index (χ0) is 15.9. The van der Waals surface area contributed by atoms with E-state index in [0.29, 0.717) is 17.9 Å². The highest BCUT2D eigenvalue weighted by Crippen LogP contribution is 2.22. The van der Waals surface area contributed by atoms with Crippen LogP contribution in [0, 0.1) is 5.92 Å². The molecular formula is C13H20N8O. The van der Waals surface area contributed by atoms with E-state index >= 15 is 0 Å². The van der Waals surface area contributed by atoms with Gasteiger partial charge in [0, 0.05) is 19.5 Å². The van der Waals surface area contributed by atoms with Crippen LogP contribution in [0.4, 0.5) is 5.95 Å². The van der Waals surface area contributed by atoms with E-state index in [1.54, 1.807) is 13.2 Å². The standard InChI is InChI=1S/C13H20N8O/c1-8-5-11-14-13(17-21(11)7-10(8)19(2)3)15-12(22)9-6-20(4)18-16-9/h6,8,10H,5,7H2,1-4H3,(H,15,17,22). The number of amides is 1. The van der Waals surface area contributed by atoms with Crippen molar-refractivity contribution >= 4 is 11.9 Å². The minimum absolute atomic E-state index is 0.245. The van der Waals surface area contributed by atoms with E-state index in [-0.39, 0.29) is 11.6 Å². The Kier molecular flexibility index (Phi) is 3.65. The molecule has 2 unspecified atom stereocenters. The van der Waals surface area contributed by atoms with Crippen molar-refractivity contribution in [1.82, 2.24) is 34.7 Å². The maximum absolute atomic E-state index is 12.1. The molecule has 118 valence electrons. The van der Waals surface area contributed by atoms with Gasteiger partial charge < -0.3 is 4.90 Å². The van der Waals surface area contributed by atoms with Gasteiger partial charge in [-0.25, -0.2) is 4.68 Å². The Morgan fingerprint density at radius 3 is 2.86 bits per heavy atom. The first kappa shape index (κ1) is 14.6. The third kappa shape index (κ3) is 2.71. The van der Waals surface area contributed by atoms with Crippen LogP contribution < -0.4 is 5.32 Å². The molecule has 22 heavy (non-hydrogen) atoms. The molecule has 3 heterocycles. The summed E-state index contributed by atoms with van der Waals surface area (Å²) in [6, 6.07) is 0.415. The fourth-order valence-electron chi connectivity index (χ4n) is 2.79. The van der Waals surface area contributed by atoms with E-state index in [1.807, 2.05) is 4.68 Å². The molecule has 0 saturated heterocycles. The molecule has 1 aliphatic rings. The minimum atomic E-state index is -0.353. The van der Waals surface area contributed by atoms with Gasteiger partial charge in [0.15, 0.2) is 5.69 Å². The van der Waals surface area contributed by atoms with Gasteiger partial charge in [-0.1, -0.05) is 12.1 Å². The average Bonchev–Trinajstić information content (AvgIpc) is 3.03. The Balaban J connectivity index is 1.75. The highest BCUT2D eigenvalue weighted by molar-refractivity contribution is 6.01. The molecule has 0 aromatic carbocycles. The highest BCUT2D eigenvalue weighted by Gasteiger charge is 2.29. The molecule has 0 spiro atoms. The summed E-state index contributed by atoms with van der Waals surface area (Å²) in [5.74, 6) is 1.36. The van der Waals surface area contributed by atoms with Gasteiger partial charge in [-0.15, -0.1) is 10.2 Å². The fraction of sp³-hybridized carbons (Fsp3) is 0.615. The van der Waals surface area contributed by atoms with Gasteiger partial charge in [-0.2, -0.15) is 4.98 Å². The predicted octanol–water partition coefficient (Wildman–Crippen LogP) is -0.219. The third-order valence-corrected chi connectivity index (χ3v) is 3.99. The molecule has 3 rings (SSSR count). The number of rotatable bonds is 3. The lowest BCUT2D eigenvalue weighted by Gasteiger charge is -2.33. The Morgan fingerprint density at radius 1 is 1.45 bits per heavy atom. The monoisotopic (exact) mass is 304 g/mol. The fourth-order valence-corrected chi connectivity index (χ4v) is 2.79. The highest BCUT2D eigenvalue weighted by atomic mass is 16.2. The van der Waals surface area contributed by atoms with Crippen LogP contribution in [-0.4, -0.2) is 60.7 Å². The van der Waals surface area contributed by atoms with Gasteiger partial charge in [0.05, 0.1) is 12.7 Å². The van der Waals surface area contributed by atoms with Gasteiger partial charge >= 0.3 is 0 Å². The van der Waals surface area contributed by atoms with E-state index in [9.17, 15) is 4.79 Å². The molecule has 0 fully saturated rings. The lowest BCUT2D eigenvalue weighted by atomic mass is 9.94. The molecule has 2 aromatic heterocycles. The van der Waals surface area contributed by atoms with Crippen LogP contribution in [0.1, 0.15) is 23.2 Å². The summed E-state index contributed by atoms with van der Waals surface area (Å²) < 4.78 is 3.35. The van der Waals surface area contributed by atoms with Crippen LogP contribution in [0.15, 0.2) is 6.20 Å². The predicted molar refractivity (Wildman–Crippen MR) is 79.3 cm³/mol. The van der Waals surface area contributed by atoms with E-state index in [4.69, 9.17) is 0 Å². The number of fused-ring (bicyclic) bond motifs is 1. The number of carbonyl (C=O) groups excluding carboxylic acids is 1. The molecule has 2 aromatic rings. The summed E-state index contributed by atoms with van der Waals surface area (Å²) in [7, 11) is 5.85.